The minimum absolute atomic E-state index is 0.0430. The van der Waals surface area contributed by atoms with Gasteiger partial charge in [0.25, 0.3) is 5.91 Å². The quantitative estimate of drug-likeness (QED) is 0.665. The van der Waals surface area contributed by atoms with Gasteiger partial charge in [-0.2, -0.15) is 23.1 Å². The number of alkyl halides is 3. The van der Waals surface area contributed by atoms with Crippen molar-refractivity contribution in [2.75, 3.05) is 25.0 Å². The van der Waals surface area contributed by atoms with Crippen LogP contribution in [-0.2, 0) is 12.0 Å². The molecule has 0 spiro atoms. The van der Waals surface area contributed by atoms with E-state index in [-0.39, 0.29) is 18.2 Å². The maximum absolute atomic E-state index is 14.2. The number of pyridine rings is 1. The number of amides is 1. The number of likely N-dealkylation sites (tertiary alicyclic amines) is 1. The Morgan fingerprint density at radius 2 is 2.10 bits per heavy atom. The van der Waals surface area contributed by atoms with Crippen molar-refractivity contribution in [2.24, 2.45) is 0 Å². The molecule has 0 radical (unpaired) electrons. The molecule has 2 aliphatic heterocycles. The lowest BCUT2D eigenvalue weighted by molar-refractivity contribution is -0.193. The smallest absolute Gasteiger partial charge is 0.354 e. The summed E-state index contributed by atoms with van der Waals surface area (Å²) in [7, 11) is 0. The Morgan fingerprint density at radius 1 is 1.23 bits per heavy atom. The zero-order chi connectivity index (χ0) is 21.6. The van der Waals surface area contributed by atoms with Crippen LogP contribution in [-0.4, -0.2) is 66.5 Å². The van der Waals surface area contributed by atoms with E-state index in [0.717, 1.165) is 11.3 Å². The van der Waals surface area contributed by atoms with Gasteiger partial charge in [-0.15, -0.1) is 5.10 Å². The molecule has 5 heterocycles. The summed E-state index contributed by atoms with van der Waals surface area (Å²) in [6.07, 6.45) is -2.82. The van der Waals surface area contributed by atoms with Crippen molar-refractivity contribution in [3.05, 3.63) is 36.1 Å². The second-order valence-electron chi connectivity index (χ2n) is 7.46. The minimum atomic E-state index is -4.71. The average Bonchev–Trinajstić information content (AvgIpc) is 3.51. The minimum Gasteiger partial charge on any atom is -0.354 e. The summed E-state index contributed by atoms with van der Waals surface area (Å²) in [5.74, 6) is -0.998. The number of anilines is 1. The van der Waals surface area contributed by atoms with Gasteiger partial charge in [0.1, 0.15) is 5.69 Å². The summed E-state index contributed by atoms with van der Waals surface area (Å²) in [5, 5.41) is 10.8. The highest BCUT2D eigenvalue weighted by atomic mass is 19.4. The number of hydrogen-bond acceptors (Lipinski definition) is 8. The van der Waals surface area contributed by atoms with Crippen LogP contribution in [0.1, 0.15) is 29.4 Å². The Bertz CT molecular complexity index is 1090. The van der Waals surface area contributed by atoms with Crippen LogP contribution in [0.25, 0.3) is 11.5 Å². The summed E-state index contributed by atoms with van der Waals surface area (Å²) >= 11 is 0. The number of carbonyl (C=O) groups is 1. The van der Waals surface area contributed by atoms with E-state index in [9.17, 15) is 18.0 Å². The second kappa shape index (κ2) is 7.03. The van der Waals surface area contributed by atoms with Gasteiger partial charge < -0.3 is 14.7 Å². The van der Waals surface area contributed by atoms with Crippen molar-refractivity contribution >= 4 is 11.9 Å². The van der Waals surface area contributed by atoms with Crippen LogP contribution in [0.2, 0.25) is 0 Å². The van der Waals surface area contributed by atoms with Crippen LogP contribution in [0.4, 0.5) is 19.1 Å². The van der Waals surface area contributed by atoms with Gasteiger partial charge in [-0.05, 0) is 25.0 Å². The number of rotatable bonds is 3. The summed E-state index contributed by atoms with van der Waals surface area (Å²) in [4.78, 5) is 26.1. The number of aromatic nitrogens is 6. The average molecular weight is 434 g/mol. The van der Waals surface area contributed by atoms with E-state index >= 15 is 0 Å². The summed E-state index contributed by atoms with van der Waals surface area (Å²) in [6.45, 7) is 0.490. The normalized spacial score (nSPS) is 21.1. The Balaban J connectivity index is 1.43. The first kappa shape index (κ1) is 19.5. The molecule has 5 rings (SSSR count). The van der Waals surface area contributed by atoms with E-state index in [1.165, 1.54) is 6.20 Å². The molecule has 0 aromatic carbocycles. The predicted octanol–water partition coefficient (Wildman–Crippen LogP) is 1.88. The molecule has 0 saturated carbocycles. The summed E-state index contributed by atoms with van der Waals surface area (Å²) in [5.41, 5.74) is -2.18. The van der Waals surface area contributed by atoms with E-state index in [1.807, 2.05) is 0 Å². The molecule has 1 atom stereocenters. The summed E-state index contributed by atoms with van der Waals surface area (Å²) < 4.78 is 49.2. The monoisotopic (exact) mass is 434 g/mol. The Hall–Kier alpha value is -3.51. The number of hydrogen-bond donors (Lipinski definition) is 1. The van der Waals surface area contributed by atoms with Crippen LogP contribution in [0.3, 0.4) is 0 Å². The lowest BCUT2D eigenvalue weighted by Gasteiger charge is -2.27. The fourth-order valence-corrected chi connectivity index (χ4v) is 3.82. The number of nitrogens with zero attached hydrogens (tertiary/aromatic N) is 7. The fourth-order valence-electron chi connectivity index (χ4n) is 3.82. The SMILES string of the molecule is O=C(c1nc2n(n1)CCCN2)N1CCC(c2nc(-c3ccccn3)no2)(C(F)(F)F)C1. The van der Waals surface area contributed by atoms with Gasteiger partial charge in [0, 0.05) is 32.4 Å². The molecule has 1 saturated heterocycles. The first-order valence-electron chi connectivity index (χ1n) is 9.68. The third kappa shape index (κ3) is 3.20. The lowest BCUT2D eigenvalue weighted by Crippen LogP contribution is -2.46. The van der Waals surface area contributed by atoms with Crippen LogP contribution in [0, 0.1) is 0 Å². The van der Waals surface area contributed by atoms with Gasteiger partial charge in [-0.25, -0.2) is 4.68 Å². The Labute approximate surface area is 173 Å². The molecule has 1 unspecified atom stereocenters. The standard InChI is InChI=1S/C18H17F3N8O2/c19-18(20,21)17(15-24-12(27-31-15)11-4-1-2-6-22-11)5-9-28(10-17)14(30)13-25-16-23-7-3-8-29(16)26-13/h1-2,4,6H,3,5,7-10H2,(H,23,25,26). The van der Waals surface area contributed by atoms with Gasteiger partial charge in [0.05, 0.1) is 0 Å². The zero-order valence-electron chi connectivity index (χ0n) is 16.1. The van der Waals surface area contributed by atoms with Gasteiger partial charge in [0.2, 0.25) is 23.5 Å². The van der Waals surface area contributed by atoms with E-state index < -0.39 is 36.4 Å². The molecule has 1 fully saturated rings. The van der Waals surface area contributed by atoms with Crippen LogP contribution in [0.5, 0.6) is 0 Å². The first-order chi connectivity index (χ1) is 14.9. The van der Waals surface area contributed by atoms with Gasteiger partial charge in [0.15, 0.2) is 5.41 Å². The second-order valence-corrected chi connectivity index (χ2v) is 7.46. The maximum Gasteiger partial charge on any atom is 0.405 e. The van der Waals surface area contributed by atoms with E-state index in [4.69, 9.17) is 4.52 Å². The Kier molecular flexibility index (Phi) is 4.41. The van der Waals surface area contributed by atoms with Crippen molar-refractivity contribution < 1.29 is 22.5 Å². The lowest BCUT2D eigenvalue weighted by atomic mass is 9.86. The highest BCUT2D eigenvalue weighted by Gasteiger charge is 2.63. The van der Waals surface area contributed by atoms with Crippen molar-refractivity contribution in [3.8, 4) is 11.5 Å². The molecule has 3 aromatic heterocycles. The van der Waals surface area contributed by atoms with Crippen molar-refractivity contribution in [3.63, 3.8) is 0 Å². The number of carbonyl (C=O) groups excluding carboxylic acids is 1. The third-order valence-electron chi connectivity index (χ3n) is 5.52. The number of nitrogens with one attached hydrogen (secondary N) is 1. The molecule has 31 heavy (non-hydrogen) atoms. The molecule has 13 heteroatoms. The third-order valence-corrected chi connectivity index (χ3v) is 5.52. The molecule has 162 valence electrons. The van der Waals surface area contributed by atoms with Gasteiger partial charge >= 0.3 is 6.18 Å². The molecular weight excluding hydrogens is 417 g/mol. The Morgan fingerprint density at radius 3 is 2.84 bits per heavy atom. The highest BCUT2D eigenvalue weighted by Crippen LogP contribution is 2.47. The topological polar surface area (TPSA) is 115 Å². The maximum atomic E-state index is 14.2. The van der Waals surface area contributed by atoms with E-state index in [2.05, 4.69) is 30.5 Å². The molecule has 1 amide bonds. The van der Waals surface area contributed by atoms with E-state index in [0.29, 0.717) is 24.7 Å². The molecule has 1 N–H and O–H groups in total. The zero-order valence-corrected chi connectivity index (χ0v) is 16.1. The van der Waals surface area contributed by atoms with Gasteiger partial charge in [-0.3, -0.25) is 9.78 Å². The number of halogens is 3. The van der Waals surface area contributed by atoms with Crippen molar-refractivity contribution in [1.29, 1.82) is 0 Å². The van der Waals surface area contributed by atoms with Gasteiger partial charge in [-0.1, -0.05) is 11.2 Å². The molecule has 2 aliphatic rings. The van der Waals surface area contributed by atoms with Crippen molar-refractivity contribution in [2.45, 2.75) is 31.0 Å². The van der Waals surface area contributed by atoms with Crippen LogP contribution < -0.4 is 5.32 Å². The predicted molar refractivity (Wildman–Crippen MR) is 98.9 cm³/mol. The largest absolute Gasteiger partial charge is 0.405 e. The molecule has 10 nitrogen and oxygen atoms in total. The van der Waals surface area contributed by atoms with Crippen LogP contribution >= 0.6 is 0 Å². The number of fused-ring (bicyclic) bond motifs is 1. The summed E-state index contributed by atoms with van der Waals surface area (Å²) in [6, 6.07) is 4.90. The molecule has 0 bridgehead atoms. The molecule has 3 aromatic rings. The highest BCUT2D eigenvalue weighted by molar-refractivity contribution is 5.91. The molecule has 0 aliphatic carbocycles. The molecular formula is C18H17F3N8O2. The first-order valence-corrected chi connectivity index (χ1v) is 9.68. The fraction of sp³-hybridized carbons (Fsp3) is 0.444. The van der Waals surface area contributed by atoms with Crippen molar-refractivity contribution in [1.82, 2.24) is 34.8 Å². The van der Waals surface area contributed by atoms with E-state index in [1.54, 1.807) is 22.9 Å². The van der Waals surface area contributed by atoms with Crippen LogP contribution in [0.15, 0.2) is 28.9 Å². The number of aryl methyl sites for hydroxylation is 1.